The summed E-state index contributed by atoms with van der Waals surface area (Å²) >= 11 is 0. The summed E-state index contributed by atoms with van der Waals surface area (Å²) in [6.45, 7) is 3.47. The molecule has 0 bridgehead atoms. The lowest BCUT2D eigenvalue weighted by atomic mass is 10.1. The second-order valence-corrected chi connectivity index (χ2v) is 4.00. The maximum atomic E-state index is 11.4. The van der Waals surface area contributed by atoms with Crippen molar-refractivity contribution >= 4 is 6.03 Å². The molecule has 14 heavy (non-hydrogen) atoms. The highest BCUT2D eigenvalue weighted by molar-refractivity contribution is 5.74. The fourth-order valence-corrected chi connectivity index (χ4v) is 2.06. The summed E-state index contributed by atoms with van der Waals surface area (Å²) in [7, 11) is 0. The summed E-state index contributed by atoms with van der Waals surface area (Å²) in [6, 6.07) is 0.0919. The minimum absolute atomic E-state index is 0.0919. The predicted molar refractivity (Wildman–Crippen MR) is 53.2 cm³/mol. The van der Waals surface area contributed by atoms with E-state index in [9.17, 15) is 4.79 Å². The van der Waals surface area contributed by atoms with Crippen LogP contribution in [0.1, 0.15) is 25.7 Å². The van der Waals surface area contributed by atoms with Crippen molar-refractivity contribution < 1.29 is 9.53 Å². The van der Waals surface area contributed by atoms with Gasteiger partial charge in [-0.3, -0.25) is 0 Å². The van der Waals surface area contributed by atoms with Gasteiger partial charge in [-0.2, -0.15) is 0 Å². The van der Waals surface area contributed by atoms with E-state index < -0.39 is 0 Å². The summed E-state index contributed by atoms with van der Waals surface area (Å²) in [4.78, 5) is 13.3. The number of nitrogens with one attached hydrogen (secondary N) is 1. The molecule has 0 aromatic heterocycles. The third-order valence-electron chi connectivity index (χ3n) is 2.91. The van der Waals surface area contributed by atoms with Crippen LogP contribution in [0.2, 0.25) is 0 Å². The molecular formula is C10H18N2O2. The molecular weight excluding hydrogens is 180 g/mol. The first-order valence-corrected chi connectivity index (χ1v) is 5.50. The Bertz CT molecular complexity index is 202. The van der Waals surface area contributed by atoms with E-state index in [4.69, 9.17) is 4.74 Å². The molecule has 2 fully saturated rings. The van der Waals surface area contributed by atoms with Crippen molar-refractivity contribution in [1.82, 2.24) is 10.2 Å². The molecule has 4 heteroatoms. The number of hydrogen-bond acceptors (Lipinski definition) is 2. The highest BCUT2D eigenvalue weighted by atomic mass is 16.5. The molecule has 0 spiro atoms. The Morgan fingerprint density at radius 2 is 2.43 bits per heavy atom. The highest BCUT2D eigenvalue weighted by Gasteiger charge is 2.20. The maximum Gasteiger partial charge on any atom is 0.317 e. The van der Waals surface area contributed by atoms with Crippen LogP contribution in [0.25, 0.3) is 0 Å². The van der Waals surface area contributed by atoms with Gasteiger partial charge >= 0.3 is 6.03 Å². The van der Waals surface area contributed by atoms with Gasteiger partial charge in [-0.15, -0.1) is 0 Å². The Hall–Kier alpha value is -0.770. The Morgan fingerprint density at radius 1 is 1.50 bits per heavy atom. The van der Waals surface area contributed by atoms with Crippen LogP contribution in [0.3, 0.4) is 0 Å². The first-order valence-electron chi connectivity index (χ1n) is 5.50. The zero-order chi connectivity index (χ0) is 9.80. The molecule has 4 nitrogen and oxygen atoms in total. The van der Waals surface area contributed by atoms with Gasteiger partial charge in [0, 0.05) is 26.2 Å². The maximum absolute atomic E-state index is 11.4. The average Bonchev–Trinajstić information content (AvgIpc) is 2.69. The average molecular weight is 198 g/mol. The molecule has 2 saturated heterocycles. The lowest BCUT2D eigenvalue weighted by Crippen LogP contribution is -2.47. The van der Waals surface area contributed by atoms with Gasteiger partial charge in [0.15, 0.2) is 0 Å². The molecule has 2 aliphatic heterocycles. The van der Waals surface area contributed by atoms with Crippen LogP contribution >= 0.6 is 0 Å². The first-order chi connectivity index (χ1) is 6.86. The van der Waals surface area contributed by atoms with Gasteiger partial charge in [0.25, 0.3) is 0 Å². The Labute approximate surface area is 84.6 Å². The van der Waals surface area contributed by atoms with Crippen LogP contribution in [0.5, 0.6) is 0 Å². The highest BCUT2D eigenvalue weighted by Crippen LogP contribution is 2.16. The second kappa shape index (κ2) is 4.64. The fourth-order valence-electron chi connectivity index (χ4n) is 2.06. The van der Waals surface area contributed by atoms with Gasteiger partial charge in [-0.05, 0) is 25.7 Å². The summed E-state index contributed by atoms with van der Waals surface area (Å²) in [5, 5.41) is 2.85. The molecule has 0 aliphatic carbocycles. The molecule has 80 valence electrons. The molecule has 0 aromatic rings. The van der Waals surface area contributed by atoms with Crippen molar-refractivity contribution in [2.75, 3.05) is 26.2 Å². The number of amides is 2. The number of nitrogens with zero attached hydrogens (tertiary/aromatic N) is 1. The predicted octanol–water partition coefficient (Wildman–Crippen LogP) is 0.971. The van der Waals surface area contributed by atoms with Crippen molar-refractivity contribution in [1.29, 1.82) is 0 Å². The Morgan fingerprint density at radius 3 is 3.14 bits per heavy atom. The molecule has 1 unspecified atom stereocenters. The zero-order valence-electron chi connectivity index (χ0n) is 8.50. The lowest BCUT2D eigenvalue weighted by Gasteiger charge is -2.28. The number of urea groups is 1. The normalized spacial score (nSPS) is 27.9. The van der Waals surface area contributed by atoms with E-state index in [1.54, 1.807) is 0 Å². The molecule has 1 atom stereocenters. The van der Waals surface area contributed by atoms with Crippen molar-refractivity contribution in [3.05, 3.63) is 0 Å². The third-order valence-corrected chi connectivity index (χ3v) is 2.91. The van der Waals surface area contributed by atoms with Gasteiger partial charge in [-0.25, -0.2) is 4.79 Å². The number of rotatable bonds is 3. The van der Waals surface area contributed by atoms with Gasteiger partial charge in [-0.1, -0.05) is 0 Å². The molecule has 2 rings (SSSR count). The van der Waals surface area contributed by atoms with Crippen LogP contribution in [0.15, 0.2) is 0 Å². The van der Waals surface area contributed by atoms with E-state index in [1.807, 2.05) is 4.90 Å². The lowest BCUT2D eigenvalue weighted by molar-refractivity contribution is 0.0935. The summed E-state index contributed by atoms with van der Waals surface area (Å²) in [5.74, 6) is 0. The second-order valence-electron chi connectivity index (χ2n) is 4.00. The van der Waals surface area contributed by atoms with Crippen LogP contribution in [-0.2, 0) is 4.74 Å². The minimum Gasteiger partial charge on any atom is -0.378 e. The SMILES string of the molecule is O=C1NCCCN1CCC1CCCO1. The topological polar surface area (TPSA) is 41.6 Å². The van der Waals surface area contributed by atoms with Gasteiger partial charge in [0.2, 0.25) is 0 Å². The summed E-state index contributed by atoms with van der Waals surface area (Å²) in [5.41, 5.74) is 0. The van der Waals surface area contributed by atoms with E-state index in [-0.39, 0.29) is 6.03 Å². The van der Waals surface area contributed by atoms with E-state index >= 15 is 0 Å². The number of carbonyl (C=O) groups is 1. The van der Waals surface area contributed by atoms with Gasteiger partial charge in [0.05, 0.1) is 6.10 Å². The monoisotopic (exact) mass is 198 g/mol. The quantitative estimate of drug-likeness (QED) is 0.734. The molecule has 0 aromatic carbocycles. The Balaban J connectivity index is 1.70. The van der Waals surface area contributed by atoms with Crippen molar-refractivity contribution in [3.63, 3.8) is 0 Å². The van der Waals surface area contributed by atoms with E-state index in [0.717, 1.165) is 45.5 Å². The van der Waals surface area contributed by atoms with Crippen molar-refractivity contribution in [3.8, 4) is 0 Å². The minimum atomic E-state index is 0.0919. The van der Waals surface area contributed by atoms with E-state index in [2.05, 4.69) is 5.32 Å². The molecule has 0 saturated carbocycles. The van der Waals surface area contributed by atoms with E-state index in [1.165, 1.54) is 6.42 Å². The van der Waals surface area contributed by atoms with E-state index in [0.29, 0.717) is 6.10 Å². The van der Waals surface area contributed by atoms with Crippen LogP contribution < -0.4 is 5.32 Å². The molecule has 0 radical (unpaired) electrons. The summed E-state index contributed by atoms with van der Waals surface area (Å²) in [6.07, 6.45) is 4.79. The number of carbonyl (C=O) groups excluding carboxylic acids is 1. The Kier molecular flexibility index (Phi) is 3.24. The molecule has 2 amide bonds. The third kappa shape index (κ3) is 2.38. The van der Waals surface area contributed by atoms with Gasteiger partial charge in [0.1, 0.15) is 0 Å². The standard InChI is InChI=1S/C10H18N2O2/c13-10-11-5-2-6-12(10)7-4-9-3-1-8-14-9/h9H,1-8H2,(H,11,13). The smallest absolute Gasteiger partial charge is 0.317 e. The summed E-state index contributed by atoms with van der Waals surface area (Å²) < 4.78 is 5.52. The van der Waals surface area contributed by atoms with Gasteiger partial charge < -0.3 is 15.0 Å². The zero-order valence-corrected chi connectivity index (χ0v) is 8.50. The van der Waals surface area contributed by atoms with Crippen LogP contribution in [0.4, 0.5) is 4.79 Å². The van der Waals surface area contributed by atoms with Crippen molar-refractivity contribution in [2.45, 2.75) is 31.8 Å². The molecule has 1 N–H and O–H groups in total. The van der Waals surface area contributed by atoms with Crippen LogP contribution in [-0.4, -0.2) is 43.3 Å². The van der Waals surface area contributed by atoms with Crippen molar-refractivity contribution in [2.24, 2.45) is 0 Å². The van der Waals surface area contributed by atoms with Crippen LogP contribution in [0, 0.1) is 0 Å². The first kappa shape index (κ1) is 9.77. The number of ether oxygens (including phenoxy) is 1. The largest absolute Gasteiger partial charge is 0.378 e. The number of hydrogen-bond donors (Lipinski definition) is 1. The fraction of sp³-hybridized carbons (Fsp3) is 0.900. The molecule has 2 heterocycles. The molecule has 2 aliphatic rings.